The number of rotatable bonds is 8. The van der Waals surface area contributed by atoms with E-state index in [0.29, 0.717) is 11.5 Å². The smallest absolute Gasteiger partial charge is 0.340 e. The van der Waals surface area contributed by atoms with Crippen molar-refractivity contribution in [2.75, 3.05) is 5.32 Å². The van der Waals surface area contributed by atoms with Gasteiger partial charge in [0.25, 0.3) is 0 Å². The highest BCUT2D eigenvalue weighted by atomic mass is 16.6. The number of fused-ring (bicyclic) bond motifs is 6. The quantitative estimate of drug-likeness (QED) is 0.237. The molecule has 0 aromatic heterocycles. The minimum absolute atomic E-state index is 0.307. The number of hydrogen-bond acceptors (Lipinski definition) is 4. The van der Waals surface area contributed by atoms with Crippen molar-refractivity contribution in [1.29, 1.82) is 0 Å². The number of carbonyl (C=O) groups excluding carboxylic acids is 1. The number of nitrogens with one attached hydrogen (secondary N) is 1. The van der Waals surface area contributed by atoms with Crippen LogP contribution in [0.4, 0.5) is 11.4 Å². The molecule has 0 bridgehead atoms. The summed E-state index contributed by atoms with van der Waals surface area (Å²) >= 11 is 0. The van der Waals surface area contributed by atoms with Crippen LogP contribution in [-0.2, 0) is 10.3 Å². The van der Waals surface area contributed by atoms with E-state index in [0.717, 1.165) is 64.4 Å². The molecule has 2 aliphatic rings. The van der Waals surface area contributed by atoms with Crippen LogP contribution in [-0.4, -0.2) is 5.97 Å². The molecule has 2 atom stereocenters. The van der Waals surface area contributed by atoms with Gasteiger partial charge >= 0.3 is 5.97 Å². The van der Waals surface area contributed by atoms with Crippen molar-refractivity contribution in [3.8, 4) is 11.5 Å². The Kier molecular flexibility index (Phi) is 6.64. The van der Waals surface area contributed by atoms with E-state index in [1.54, 1.807) is 0 Å². The Morgan fingerprint density at radius 2 is 1.56 bits per heavy atom. The summed E-state index contributed by atoms with van der Waals surface area (Å²) in [5, 5.41) is 3.55. The largest absolute Gasteiger partial charge is 0.456 e. The third kappa shape index (κ3) is 4.28. The molecule has 4 aromatic carbocycles. The molecule has 2 aliphatic heterocycles. The standard InChI is InChI=1S/C35H35NO3/c1-4-6-13-24(12-5-2)25-18-19-29-33(21-25)38-32-20-23(3)31(36-26-14-8-7-9-15-26)22-30(32)35(29)28-17-11-10-16-27(28)34(37)39-35/h7-11,14-22,24,36H,4-6,12-13H2,1-3H3. The second-order valence-corrected chi connectivity index (χ2v) is 10.8. The number of ether oxygens (including phenoxy) is 2. The van der Waals surface area contributed by atoms with Crippen molar-refractivity contribution in [1.82, 2.24) is 0 Å². The van der Waals surface area contributed by atoms with Crippen LogP contribution in [0.3, 0.4) is 0 Å². The molecular weight excluding hydrogens is 482 g/mol. The zero-order chi connectivity index (χ0) is 27.0. The van der Waals surface area contributed by atoms with Crippen molar-refractivity contribution in [2.24, 2.45) is 0 Å². The molecule has 4 heteroatoms. The summed E-state index contributed by atoms with van der Waals surface area (Å²) in [4.78, 5) is 13.3. The van der Waals surface area contributed by atoms with Gasteiger partial charge in [0.2, 0.25) is 0 Å². The highest BCUT2D eigenvalue weighted by Gasteiger charge is 2.53. The summed E-state index contributed by atoms with van der Waals surface area (Å²) in [6.45, 7) is 6.57. The molecule has 1 spiro atoms. The Morgan fingerprint density at radius 1 is 0.795 bits per heavy atom. The van der Waals surface area contributed by atoms with Crippen LogP contribution in [0.15, 0.2) is 84.9 Å². The number of unbranched alkanes of at least 4 members (excludes halogenated alkanes) is 1. The molecule has 0 aliphatic carbocycles. The van der Waals surface area contributed by atoms with Crippen molar-refractivity contribution >= 4 is 17.3 Å². The first-order valence-electron chi connectivity index (χ1n) is 14.2. The minimum Gasteiger partial charge on any atom is -0.456 e. The Hall–Kier alpha value is -4.05. The lowest BCUT2D eigenvalue weighted by Crippen LogP contribution is -2.33. The third-order valence-corrected chi connectivity index (χ3v) is 8.15. The maximum Gasteiger partial charge on any atom is 0.340 e. The van der Waals surface area contributed by atoms with Gasteiger partial charge in [-0.3, -0.25) is 0 Å². The summed E-state index contributed by atoms with van der Waals surface area (Å²) in [6, 6.07) is 28.5. The van der Waals surface area contributed by atoms with Crippen LogP contribution in [0.5, 0.6) is 11.5 Å². The molecule has 2 heterocycles. The summed E-state index contributed by atoms with van der Waals surface area (Å²) < 4.78 is 13.1. The first-order chi connectivity index (χ1) is 19.0. The number of benzene rings is 4. The van der Waals surface area contributed by atoms with Crippen LogP contribution in [0.1, 0.15) is 90.0 Å². The summed E-state index contributed by atoms with van der Waals surface area (Å²) in [5.41, 5.74) is 6.39. The fraction of sp³-hybridized carbons (Fsp3) is 0.286. The zero-order valence-electron chi connectivity index (χ0n) is 22.9. The molecule has 0 saturated carbocycles. The first kappa shape index (κ1) is 25.2. The van der Waals surface area contributed by atoms with Gasteiger partial charge < -0.3 is 14.8 Å². The molecule has 198 valence electrons. The predicted octanol–water partition coefficient (Wildman–Crippen LogP) is 9.38. The van der Waals surface area contributed by atoms with Crippen molar-refractivity contribution in [3.63, 3.8) is 0 Å². The van der Waals surface area contributed by atoms with Gasteiger partial charge in [0.15, 0.2) is 5.60 Å². The van der Waals surface area contributed by atoms with Gasteiger partial charge in [-0.15, -0.1) is 0 Å². The molecule has 4 nitrogen and oxygen atoms in total. The van der Waals surface area contributed by atoms with Crippen molar-refractivity contribution < 1.29 is 14.3 Å². The lowest BCUT2D eigenvalue weighted by atomic mass is 9.76. The van der Waals surface area contributed by atoms with E-state index in [2.05, 4.69) is 56.4 Å². The van der Waals surface area contributed by atoms with E-state index in [-0.39, 0.29) is 5.97 Å². The van der Waals surface area contributed by atoms with Gasteiger partial charge in [-0.2, -0.15) is 0 Å². The Balaban J connectivity index is 1.53. The van der Waals surface area contributed by atoms with Gasteiger partial charge in [-0.25, -0.2) is 4.79 Å². The molecule has 0 amide bonds. The van der Waals surface area contributed by atoms with Crippen LogP contribution in [0.2, 0.25) is 0 Å². The first-order valence-corrected chi connectivity index (χ1v) is 14.2. The zero-order valence-corrected chi connectivity index (χ0v) is 22.9. The molecule has 6 rings (SSSR count). The summed E-state index contributed by atoms with van der Waals surface area (Å²) in [7, 11) is 0. The van der Waals surface area contributed by atoms with E-state index < -0.39 is 5.60 Å². The predicted molar refractivity (Wildman–Crippen MR) is 156 cm³/mol. The monoisotopic (exact) mass is 517 g/mol. The summed E-state index contributed by atoms with van der Waals surface area (Å²) in [5.74, 6) is 1.67. The van der Waals surface area contributed by atoms with Gasteiger partial charge in [0, 0.05) is 28.1 Å². The normalized spacial score (nSPS) is 17.6. The average Bonchev–Trinajstić information content (AvgIpc) is 3.25. The molecule has 4 aromatic rings. The molecule has 0 saturated heterocycles. The van der Waals surface area contributed by atoms with Crippen LogP contribution in [0, 0.1) is 6.92 Å². The topological polar surface area (TPSA) is 47.6 Å². The van der Waals surface area contributed by atoms with E-state index in [1.165, 1.54) is 18.4 Å². The number of aryl methyl sites for hydroxylation is 1. The second-order valence-electron chi connectivity index (χ2n) is 10.8. The average molecular weight is 518 g/mol. The van der Waals surface area contributed by atoms with Gasteiger partial charge in [0.05, 0.1) is 5.56 Å². The van der Waals surface area contributed by atoms with Crippen LogP contribution < -0.4 is 10.1 Å². The van der Waals surface area contributed by atoms with Crippen molar-refractivity contribution in [2.45, 2.75) is 64.4 Å². The molecule has 2 unspecified atom stereocenters. The number of para-hydroxylation sites is 1. The van der Waals surface area contributed by atoms with Gasteiger partial charge in [0.1, 0.15) is 11.5 Å². The minimum atomic E-state index is -1.07. The van der Waals surface area contributed by atoms with E-state index in [9.17, 15) is 4.79 Å². The van der Waals surface area contributed by atoms with Gasteiger partial charge in [-0.05, 0) is 73.2 Å². The SMILES string of the molecule is CCCCC(CCC)c1ccc2c(c1)Oc1cc(C)c(Nc3ccccc3)cc1C21OC(=O)c2ccccc21. The molecular formula is C35H35NO3. The maximum atomic E-state index is 13.3. The van der Waals surface area contributed by atoms with Gasteiger partial charge in [-0.1, -0.05) is 81.6 Å². The van der Waals surface area contributed by atoms with Crippen LogP contribution >= 0.6 is 0 Å². The Morgan fingerprint density at radius 3 is 2.36 bits per heavy atom. The molecule has 0 radical (unpaired) electrons. The van der Waals surface area contributed by atoms with Crippen LogP contribution in [0.25, 0.3) is 0 Å². The molecule has 1 N–H and O–H groups in total. The molecule has 0 fully saturated rings. The highest BCUT2D eigenvalue weighted by Crippen LogP contribution is 2.57. The molecule has 39 heavy (non-hydrogen) atoms. The Labute approximate surface area is 231 Å². The number of anilines is 2. The van der Waals surface area contributed by atoms with E-state index in [4.69, 9.17) is 9.47 Å². The lowest BCUT2D eigenvalue weighted by Gasteiger charge is -2.37. The number of carbonyl (C=O) groups is 1. The number of esters is 1. The lowest BCUT2D eigenvalue weighted by molar-refractivity contribution is 0.0224. The Bertz CT molecular complexity index is 1530. The summed E-state index contributed by atoms with van der Waals surface area (Å²) in [6.07, 6.45) is 5.84. The van der Waals surface area contributed by atoms with E-state index in [1.807, 2.05) is 54.6 Å². The second kappa shape index (κ2) is 10.3. The fourth-order valence-electron chi connectivity index (χ4n) is 6.18. The third-order valence-electron chi connectivity index (χ3n) is 8.15. The maximum absolute atomic E-state index is 13.3. The van der Waals surface area contributed by atoms with E-state index >= 15 is 0 Å². The highest BCUT2D eigenvalue weighted by molar-refractivity contribution is 5.97. The fourth-order valence-corrected chi connectivity index (χ4v) is 6.18. The van der Waals surface area contributed by atoms with Crippen molar-refractivity contribution in [3.05, 3.63) is 118 Å². The number of hydrogen-bond donors (Lipinski definition) is 1.